The fraction of sp³-hybridized carbons (Fsp3) is 0.500. The largest absolute Gasteiger partial charge is 0.483 e. The summed E-state index contributed by atoms with van der Waals surface area (Å²) in [5.41, 5.74) is 1.52. The monoisotopic (exact) mass is 275 g/mol. The van der Waals surface area contributed by atoms with E-state index in [1.54, 1.807) is 12.1 Å². The van der Waals surface area contributed by atoms with Crippen molar-refractivity contribution in [1.82, 2.24) is 5.32 Å². The van der Waals surface area contributed by atoms with Gasteiger partial charge in [-0.3, -0.25) is 9.59 Å². The van der Waals surface area contributed by atoms with Crippen LogP contribution in [-0.2, 0) is 4.79 Å². The van der Waals surface area contributed by atoms with Gasteiger partial charge in [-0.1, -0.05) is 24.5 Å². The van der Waals surface area contributed by atoms with Gasteiger partial charge in [-0.2, -0.15) is 0 Å². The summed E-state index contributed by atoms with van der Waals surface area (Å²) >= 11 is 0. The minimum atomic E-state index is -0.119. The Bertz CT molecular complexity index is 504. The Balaban J connectivity index is 1.93. The number of hydrogen-bond acceptors (Lipinski definition) is 3. The summed E-state index contributed by atoms with van der Waals surface area (Å²) in [4.78, 5) is 23.4. The SMILES string of the molecule is CC(=O)c1cc(C)ccc1OCC(=O)NC1CCCC1. The van der Waals surface area contributed by atoms with Crippen LogP contribution in [0, 0.1) is 6.92 Å². The first-order valence-corrected chi connectivity index (χ1v) is 7.10. The number of aryl methyl sites for hydroxylation is 1. The predicted octanol–water partition coefficient (Wildman–Crippen LogP) is 2.64. The zero-order chi connectivity index (χ0) is 14.5. The highest BCUT2D eigenvalue weighted by atomic mass is 16.5. The van der Waals surface area contributed by atoms with E-state index in [0.717, 1.165) is 18.4 Å². The average Bonchev–Trinajstić information content (AvgIpc) is 2.90. The van der Waals surface area contributed by atoms with Gasteiger partial charge in [0.25, 0.3) is 5.91 Å². The van der Waals surface area contributed by atoms with Gasteiger partial charge >= 0.3 is 0 Å². The van der Waals surface area contributed by atoms with Gasteiger partial charge in [0.1, 0.15) is 5.75 Å². The molecule has 20 heavy (non-hydrogen) atoms. The quantitative estimate of drug-likeness (QED) is 0.840. The molecule has 1 amide bonds. The summed E-state index contributed by atoms with van der Waals surface area (Å²) in [6.07, 6.45) is 4.46. The molecule has 1 aliphatic carbocycles. The summed E-state index contributed by atoms with van der Waals surface area (Å²) in [5, 5.41) is 2.96. The molecule has 0 bridgehead atoms. The van der Waals surface area contributed by atoms with Crippen LogP contribution in [-0.4, -0.2) is 24.3 Å². The molecule has 0 spiro atoms. The van der Waals surface area contributed by atoms with Gasteiger partial charge in [-0.15, -0.1) is 0 Å². The minimum absolute atomic E-state index is 0.0418. The number of ketones is 1. The molecule has 0 aliphatic heterocycles. The van der Waals surface area contributed by atoms with Crippen LogP contribution in [0.25, 0.3) is 0 Å². The maximum atomic E-state index is 11.8. The molecule has 1 fully saturated rings. The van der Waals surface area contributed by atoms with Crippen LogP contribution in [0.3, 0.4) is 0 Å². The minimum Gasteiger partial charge on any atom is -0.483 e. The lowest BCUT2D eigenvalue weighted by molar-refractivity contribution is -0.123. The lowest BCUT2D eigenvalue weighted by atomic mass is 10.1. The Morgan fingerprint density at radius 3 is 2.65 bits per heavy atom. The first kappa shape index (κ1) is 14.6. The number of rotatable bonds is 5. The van der Waals surface area contributed by atoms with E-state index in [0.29, 0.717) is 11.3 Å². The Kier molecular flexibility index (Phi) is 4.77. The molecule has 0 radical (unpaired) electrons. The van der Waals surface area contributed by atoms with Crippen molar-refractivity contribution < 1.29 is 14.3 Å². The molecule has 2 rings (SSSR count). The molecule has 1 N–H and O–H groups in total. The smallest absolute Gasteiger partial charge is 0.258 e. The number of carbonyl (C=O) groups excluding carboxylic acids is 2. The third-order valence-electron chi connectivity index (χ3n) is 3.59. The number of ether oxygens (including phenoxy) is 1. The molecule has 4 nitrogen and oxygen atoms in total. The van der Waals surface area contributed by atoms with E-state index in [9.17, 15) is 9.59 Å². The lowest BCUT2D eigenvalue weighted by Crippen LogP contribution is -2.36. The zero-order valence-corrected chi connectivity index (χ0v) is 12.1. The van der Waals surface area contributed by atoms with Crippen molar-refractivity contribution in [2.24, 2.45) is 0 Å². The van der Waals surface area contributed by atoms with Crippen LogP contribution >= 0.6 is 0 Å². The van der Waals surface area contributed by atoms with Crippen molar-refractivity contribution in [2.45, 2.75) is 45.6 Å². The van der Waals surface area contributed by atoms with Crippen LogP contribution < -0.4 is 10.1 Å². The van der Waals surface area contributed by atoms with Crippen LogP contribution in [0.1, 0.15) is 48.5 Å². The molecule has 1 aromatic carbocycles. The second-order valence-corrected chi connectivity index (χ2v) is 5.39. The lowest BCUT2D eigenvalue weighted by Gasteiger charge is -2.14. The summed E-state index contributed by atoms with van der Waals surface area (Å²) in [6, 6.07) is 5.69. The van der Waals surface area contributed by atoms with E-state index in [1.807, 2.05) is 13.0 Å². The van der Waals surface area contributed by atoms with Gasteiger partial charge in [0.15, 0.2) is 12.4 Å². The molecule has 1 aromatic rings. The molecule has 0 aromatic heterocycles. The maximum absolute atomic E-state index is 11.8. The first-order valence-electron chi connectivity index (χ1n) is 7.10. The highest BCUT2D eigenvalue weighted by Crippen LogP contribution is 2.21. The molecule has 0 atom stereocenters. The molecule has 0 unspecified atom stereocenters. The summed E-state index contributed by atoms with van der Waals surface area (Å²) in [6.45, 7) is 3.38. The molecule has 0 saturated heterocycles. The fourth-order valence-corrected chi connectivity index (χ4v) is 2.53. The van der Waals surface area contributed by atoms with Crippen LogP contribution in [0.2, 0.25) is 0 Å². The third kappa shape index (κ3) is 3.83. The molecule has 1 aliphatic rings. The second kappa shape index (κ2) is 6.55. The molecule has 4 heteroatoms. The van der Waals surface area contributed by atoms with E-state index < -0.39 is 0 Å². The van der Waals surface area contributed by atoms with E-state index in [2.05, 4.69) is 5.32 Å². The zero-order valence-electron chi connectivity index (χ0n) is 12.1. The van der Waals surface area contributed by atoms with Crippen molar-refractivity contribution in [3.8, 4) is 5.75 Å². The van der Waals surface area contributed by atoms with E-state index in [-0.39, 0.29) is 24.3 Å². The number of Topliss-reactive ketones (excluding diaryl/α,β-unsaturated/α-hetero) is 1. The van der Waals surface area contributed by atoms with Crippen LogP contribution in [0.15, 0.2) is 18.2 Å². The number of amides is 1. The van der Waals surface area contributed by atoms with Gasteiger partial charge in [0, 0.05) is 6.04 Å². The Hall–Kier alpha value is -1.84. The Morgan fingerprint density at radius 1 is 1.30 bits per heavy atom. The second-order valence-electron chi connectivity index (χ2n) is 5.39. The number of benzene rings is 1. The van der Waals surface area contributed by atoms with E-state index >= 15 is 0 Å². The van der Waals surface area contributed by atoms with Crippen molar-refractivity contribution in [3.63, 3.8) is 0 Å². The Labute approximate surface area is 119 Å². The third-order valence-corrected chi connectivity index (χ3v) is 3.59. The van der Waals surface area contributed by atoms with Gasteiger partial charge < -0.3 is 10.1 Å². The van der Waals surface area contributed by atoms with E-state index in [1.165, 1.54) is 19.8 Å². The molecular weight excluding hydrogens is 254 g/mol. The first-order chi connectivity index (χ1) is 9.56. The van der Waals surface area contributed by atoms with Gasteiger partial charge in [-0.05, 0) is 38.8 Å². The normalized spacial score (nSPS) is 15.1. The topological polar surface area (TPSA) is 55.4 Å². The van der Waals surface area contributed by atoms with Gasteiger partial charge in [0.05, 0.1) is 5.56 Å². The molecular formula is C16H21NO3. The van der Waals surface area contributed by atoms with Gasteiger partial charge in [-0.25, -0.2) is 0 Å². The van der Waals surface area contributed by atoms with Crippen molar-refractivity contribution in [2.75, 3.05) is 6.61 Å². The van der Waals surface area contributed by atoms with Crippen molar-refractivity contribution >= 4 is 11.7 Å². The number of hydrogen-bond donors (Lipinski definition) is 1. The highest BCUT2D eigenvalue weighted by Gasteiger charge is 2.17. The van der Waals surface area contributed by atoms with Crippen molar-refractivity contribution in [3.05, 3.63) is 29.3 Å². The standard InChI is InChI=1S/C16H21NO3/c1-11-7-8-15(14(9-11)12(2)18)20-10-16(19)17-13-5-3-4-6-13/h7-9,13H,3-6,10H2,1-2H3,(H,17,19). The van der Waals surface area contributed by atoms with E-state index in [4.69, 9.17) is 4.74 Å². The maximum Gasteiger partial charge on any atom is 0.258 e. The Morgan fingerprint density at radius 2 is 2.00 bits per heavy atom. The number of nitrogens with one attached hydrogen (secondary N) is 1. The molecule has 0 heterocycles. The molecule has 108 valence electrons. The van der Waals surface area contributed by atoms with Crippen LogP contribution in [0.5, 0.6) is 5.75 Å². The highest BCUT2D eigenvalue weighted by molar-refractivity contribution is 5.97. The van der Waals surface area contributed by atoms with Crippen LogP contribution in [0.4, 0.5) is 0 Å². The fourth-order valence-electron chi connectivity index (χ4n) is 2.53. The predicted molar refractivity (Wildman–Crippen MR) is 77.1 cm³/mol. The number of carbonyl (C=O) groups is 2. The summed E-state index contributed by atoms with van der Waals surface area (Å²) < 4.78 is 5.49. The summed E-state index contributed by atoms with van der Waals surface area (Å²) in [7, 11) is 0. The van der Waals surface area contributed by atoms with Gasteiger partial charge in [0.2, 0.25) is 0 Å². The van der Waals surface area contributed by atoms with Crippen molar-refractivity contribution in [1.29, 1.82) is 0 Å². The summed E-state index contributed by atoms with van der Waals surface area (Å²) in [5.74, 6) is 0.302. The average molecular weight is 275 g/mol. The molecule has 1 saturated carbocycles.